The average molecular weight is 313 g/mol. The van der Waals surface area contributed by atoms with Crippen LogP contribution in [0.15, 0.2) is 72.8 Å². The molecule has 1 aromatic heterocycles. The van der Waals surface area contributed by atoms with Crippen LogP contribution in [0.2, 0.25) is 0 Å². The van der Waals surface area contributed by atoms with Gasteiger partial charge in [0.2, 0.25) is 0 Å². The van der Waals surface area contributed by atoms with Crippen molar-refractivity contribution in [3.63, 3.8) is 0 Å². The van der Waals surface area contributed by atoms with Gasteiger partial charge in [-0.2, -0.15) is 0 Å². The van der Waals surface area contributed by atoms with Crippen molar-refractivity contribution in [2.75, 3.05) is 0 Å². The summed E-state index contributed by atoms with van der Waals surface area (Å²) in [5, 5.41) is 8.42. The molecule has 1 unspecified atom stereocenters. The van der Waals surface area contributed by atoms with Gasteiger partial charge in [-0.15, -0.1) is 0 Å². The predicted molar refractivity (Wildman–Crippen MR) is 105 cm³/mol. The molecule has 0 spiro atoms. The fraction of sp³-hybridized carbons (Fsp3) is 0.0909. The summed E-state index contributed by atoms with van der Waals surface area (Å²) in [6, 6.07) is 26.9. The van der Waals surface area contributed by atoms with Crippen LogP contribution in [0.1, 0.15) is 6.92 Å². The smallest absolute Gasteiger partial charge is 0.0616 e. The zero-order valence-electron chi connectivity index (χ0n) is 13.0. The third kappa shape index (κ3) is 1.71. The Morgan fingerprint density at radius 2 is 1.35 bits per heavy atom. The summed E-state index contributed by atoms with van der Waals surface area (Å²) >= 11 is 0. The van der Waals surface area contributed by atoms with Crippen molar-refractivity contribution in [2.45, 2.75) is 12.7 Å². The molecule has 0 bridgehead atoms. The summed E-state index contributed by atoms with van der Waals surface area (Å²) in [5.41, 5.74) is 0. The third-order valence-corrected chi connectivity index (χ3v) is 7.22. The monoisotopic (exact) mass is 313 g/mol. The molecule has 0 aliphatic rings. The molecule has 5 rings (SSSR count). The van der Waals surface area contributed by atoms with Gasteiger partial charge in [-0.3, -0.25) is 0 Å². The minimum atomic E-state index is 0.185. The van der Waals surface area contributed by atoms with Crippen molar-refractivity contribution in [3.05, 3.63) is 72.8 Å². The van der Waals surface area contributed by atoms with Crippen molar-refractivity contribution in [1.82, 2.24) is 0 Å². The summed E-state index contributed by atoms with van der Waals surface area (Å²) in [6.07, 6.45) is 0. The number of fused-ring (bicyclic) bond motifs is 7. The van der Waals surface area contributed by atoms with Crippen LogP contribution in [0.25, 0.3) is 41.7 Å². The molecule has 0 saturated heterocycles. The van der Waals surface area contributed by atoms with E-state index in [-0.39, 0.29) is 10.5 Å². The molecule has 0 N–H and O–H groups in total. The summed E-state index contributed by atoms with van der Waals surface area (Å²) in [5.74, 6) is 1.17. The van der Waals surface area contributed by atoms with Gasteiger partial charge in [-0.25, -0.2) is 0 Å². The number of thiophene rings is 1. The van der Waals surface area contributed by atoms with Crippen molar-refractivity contribution < 1.29 is 0 Å². The Bertz CT molecular complexity index is 1190. The molecule has 110 valence electrons. The van der Waals surface area contributed by atoms with Crippen LogP contribution >= 0.6 is 10.5 Å². The van der Waals surface area contributed by atoms with E-state index >= 15 is 0 Å². The van der Waals surface area contributed by atoms with Gasteiger partial charge in [-0.1, -0.05) is 54.6 Å². The molecule has 5 aromatic rings. The van der Waals surface area contributed by atoms with Crippen LogP contribution in [-0.2, 0) is 5.75 Å². The Hall–Kier alpha value is -2.38. The highest BCUT2D eigenvalue weighted by molar-refractivity contribution is 7.43. The van der Waals surface area contributed by atoms with Crippen LogP contribution in [0.5, 0.6) is 0 Å². The van der Waals surface area contributed by atoms with E-state index in [1.54, 1.807) is 4.70 Å². The fourth-order valence-electron chi connectivity index (χ4n) is 3.85. The van der Waals surface area contributed by atoms with Crippen LogP contribution in [0, 0.1) is 0 Å². The Labute approximate surface area is 137 Å². The van der Waals surface area contributed by atoms with Gasteiger partial charge in [0.15, 0.2) is 9.40 Å². The molecular formula is C22H17S+. The molecule has 0 aliphatic heterocycles. The highest BCUT2D eigenvalue weighted by Crippen LogP contribution is 2.47. The first-order valence-corrected chi connectivity index (χ1v) is 9.52. The van der Waals surface area contributed by atoms with Crippen LogP contribution in [0.3, 0.4) is 0 Å². The molecule has 4 aromatic carbocycles. The summed E-state index contributed by atoms with van der Waals surface area (Å²) in [4.78, 5) is 0. The largest absolute Gasteiger partial charge is 0.190 e. The number of rotatable bonds is 1. The first-order valence-electron chi connectivity index (χ1n) is 8.13. The second-order valence-corrected chi connectivity index (χ2v) is 8.21. The minimum absolute atomic E-state index is 0.185. The fourth-order valence-corrected chi connectivity index (χ4v) is 6.27. The molecule has 0 amide bonds. The first-order chi connectivity index (χ1) is 11.4. The van der Waals surface area contributed by atoms with Gasteiger partial charge in [-0.05, 0) is 51.8 Å². The van der Waals surface area contributed by atoms with E-state index in [2.05, 4.69) is 79.7 Å². The zero-order chi connectivity index (χ0) is 15.4. The maximum Gasteiger partial charge on any atom is 0.190 e. The van der Waals surface area contributed by atoms with E-state index in [4.69, 9.17) is 0 Å². The van der Waals surface area contributed by atoms with Crippen molar-refractivity contribution in [3.8, 4) is 0 Å². The standard InChI is InChI=1S/C22H17S/c1-2-23-20-10-6-5-9-18(20)19-14-13-16-12-11-15-7-3-4-8-17(15)21(16)22(19)23/h3-14H,2H2,1H3/q+1. The first kappa shape index (κ1) is 13.1. The molecule has 0 radical (unpaired) electrons. The molecule has 0 saturated carbocycles. The number of hydrogen-bond donors (Lipinski definition) is 0. The lowest BCUT2D eigenvalue weighted by Crippen LogP contribution is -1.79. The van der Waals surface area contributed by atoms with Gasteiger partial charge in [0, 0.05) is 16.2 Å². The Morgan fingerprint density at radius 1 is 0.652 bits per heavy atom. The van der Waals surface area contributed by atoms with Crippen LogP contribution in [0.4, 0.5) is 0 Å². The second-order valence-electron chi connectivity index (χ2n) is 6.00. The van der Waals surface area contributed by atoms with E-state index in [0.717, 1.165) is 0 Å². The molecule has 1 heteroatoms. The molecule has 1 atom stereocenters. The molecule has 23 heavy (non-hydrogen) atoms. The summed E-state index contributed by atoms with van der Waals surface area (Å²) in [6.45, 7) is 2.32. The van der Waals surface area contributed by atoms with Gasteiger partial charge in [0.05, 0.1) is 0 Å². The van der Waals surface area contributed by atoms with Gasteiger partial charge < -0.3 is 0 Å². The highest BCUT2D eigenvalue weighted by atomic mass is 32.2. The van der Waals surface area contributed by atoms with Gasteiger partial charge in [0.1, 0.15) is 5.75 Å². The lowest BCUT2D eigenvalue weighted by Gasteiger charge is -2.03. The number of benzene rings is 4. The third-order valence-electron chi connectivity index (χ3n) is 4.84. The van der Waals surface area contributed by atoms with E-state index < -0.39 is 0 Å². The Kier molecular flexibility index (Phi) is 2.74. The highest BCUT2D eigenvalue weighted by Gasteiger charge is 2.22. The van der Waals surface area contributed by atoms with E-state index in [9.17, 15) is 0 Å². The lowest BCUT2D eigenvalue weighted by atomic mass is 10.00. The number of aryl methyl sites for hydroxylation is 1. The normalized spacial score (nSPS) is 12.7. The number of hydrogen-bond acceptors (Lipinski definition) is 0. The summed E-state index contributed by atoms with van der Waals surface area (Å²) < 4.78 is 3.08. The molecule has 1 heterocycles. The minimum Gasteiger partial charge on any atom is -0.0616 e. The van der Waals surface area contributed by atoms with Crippen LogP contribution < -0.4 is 0 Å². The topological polar surface area (TPSA) is 0 Å². The maximum atomic E-state index is 2.33. The summed E-state index contributed by atoms with van der Waals surface area (Å²) in [7, 11) is 0.185. The van der Waals surface area contributed by atoms with E-state index in [1.165, 1.54) is 42.8 Å². The molecular weight excluding hydrogens is 296 g/mol. The quantitative estimate of drug-likeness (QED) is 0.229. The lowest BCUT2D eigenvalue weighted by molar-refractivity contribution is 1.38. The predicted octanol–water partition coefficient (Wildman–Crippen LogP) is 7.07. The van der Waals surface area contributed by atoms with Gasteiger partial charge >= 0.3 is 0 Å². The SMILES string of the molecule is CC[s+]1c2ccccc2c2ccc3ccc4ccccc4c3c21. The second kappa shape index (κ2) is 4.81. The van der Waals surface area contributed by atoms with Gasteiger partial charge in [0.25, 0.3) is 0 Å². The molecule has 0 aliphatic carbocycles. The molecule has 0 nitrogen and oxygen atoms in total. The molecule has 0 fully saturated rings. The van der Waals surface area contributed by atoms with Crippen molar-refractivity contribution >= 4 is 52.2 Å². The average Bonchev–Trinajstić information content (AvgIpc) is 2.95. The van der Waals surface area contributed by atoms with Crippen molar-refractivity contribution in [2.24, 2.45) is 0 Å². The Morgan fingerprint density at radius 3 is 2.22 bits per heavy atom. The Balaban J connectivity index is 2.17. The zero-order valence-corrected chi connectivity index (χ0v) is 13.9. The van der Waals surface area contributed by atoms with Crippen molar-refractivity contribution in [1.29, 1.82) is 0 Å². The van der Waals surface area contributed by atoms with E-state index in [0.29, 0.717) is 0 Å². The van der Waals surface area contributed by atoms with E-state index in [1.807, 2.05) is 0 Å². The van der Waals surface area contributed by atoms with Crippen LogP contribution in [-0.4, -0.2) is 0 Å². The maximum absolute atomic E-state index is 2.33.